The molecule has 0 saturated heterocycles. The third-order valence-electron chi connectivity index (χ3n) is 1.98. The zero-order chi connectivity index (χ0) is 10.2. The monoisotopic (exact) mass is 288 g/mol. The Morgan fingerprint density at radius 2 is 2.27 bits per heavy atom. The van der Waals surface area contributed by atoms with Crippen molar-refractivity contribution in [2.45, 2.75) is 19.8 Å². The Bertz CT molecular complexity index is 315. The van der Waals surface area contributed by atoms with Crippen LogP contribution in [0.2, 0.25) is 0 Å². The molecule has 0 spiro atoms. The van der Waals surface area contributed by atoms with Gasteiger partial charge in [-0.3, -0.25) is 4.99 Å². The molecule has 0 aliphatic heterocycles. The van der Waals surface area contributed by atoms with Crippen molar-refractivity contribution in [1.82, 2.24) is 0 Å². The minimum Gasteiger partial charge on any atom is -0.293 e. The molecule has 2 heteroatoms. The van der Waals surface area contributed by atoms with Crippen molar-refractivity contribution in [1.29, 1.82) is 0 Å². The molecule has 0 saturated carbocycles. The van der Waals surface area contributed by atoms with Crippen LogP contribution in [0, 0.1) is 6.07 Å². The number of rotatable bonds is 4. The largest absolute Gasteiger partial charge is 1.00 e. The van der Waals surface area contributed by atoms with Gasteiger partial charge in [0.15, 0.2) is 0 Å². The molecular weight excluding hydrogens is 271 g/mol. The van der Waals surface area contributed by atoms with Crippen LogP contribution in [0.25, 0.3) is 0 Å². The molecule has 0 atom stereocenters. The second-order valence-corrected chi connectivity index (χ2v) is 3.09. The van der Waals surface area contributed by atoms with Crippen molar-refractivity contribution in [3.05, 3.63) is 48.0 Å². The van der Waals surface area contributed by atoms with E-state index in [1.807, 2.05) is 25.2 Å². The fourth-order valence-corrected chi connectivity index (χ4v) is 1.20. The van der Waals surface area contributed by atoms with Crippen LogP contribution in [0.4, 0.5) is 0 Å². The summed E-state index contributed by atoms with van der Waals surface area (Å²) in [6.45, 7) is 2.12. The molecule has 0 bridgehead atoms. The third kappa shape index (κ3) is 5.64. The maximum absolute atomic E-state index is 4.23. The molecule has 0 fully saturated rings. The van der Waals surface area contributed by atoms with Crippen LogP contribution >= 0.6 is 0 Å². The second kappa shape index (κ2) is 8.55. The summed E-state index contributed by atoms with van der Waals surface area (Å²) in [4.78, 5) is 4.23. The van der Waals surface area contributed by atoms with Gasteiger partial charge in [-0.25, -0.2) is 0 Å². The fraction of sp³-hybridized carbons (Fsp3) is 0.308. The van der Waals surface area contributed by atoms with Gasteiger partial charge in [-0.05, 0) is 18.9 Å². The second-order valence-electron chi connectivity index (χ2n) is 3.09. The maximum atomic E-state index is 4.23. The Hall–Kier alpha value is -0.747. The Kier molecular flexibility index (Phi) is 8.13. The molecule has 0 unspecified atom stereocenters. The summed E-state index contributed by atoms with van der Waals surface area (Å²) >= 11 is 0. The smallest absolute Gasteiger partial charge is 0.293 e. The zero-order valence-electron chi connectivity index (χ0n) is 9.18. The van der Waals surface area contributed by atoms with E-state index in [4.69, 9.17) is 0 Å². The van der Waals surface area contributed by atoms with Crippen molar-refractivity contribution in [3.8, 4) is 0 Å². The number of allylic oxidation sites excluding steroid dienone is 2. The maximum Gasteiger partial charge on any atom is 1.00 e. The first-order valence-corrected chi connectivity index (χ1v) is 4.94. The van der Waals surface area contributed by atoms with Crippen LogP contribution in [0.3, 0.4) is 0 Å². The molecule has 1 radical (unpaired) electrons. The van der Waals surface area contributed by atoms with Crippen molar-refractivity contribution in [3.63, 3.8) is 0 Å². The third-order valence-corrected chi connectivity index (χ3v) is 1.98. The van der Waals surface area contributed by atoms with Crippen molar-refractivity contribution in [2.75, 3.05) is 7.05 Å². The first-order valence-electron chi connectivity index (χ1n) is 4.94. The average molecular weight is 287 g/mol. The van der Waals surface area contributed by atoms with Gasteiger partial charge >= 0.3 is 19.5 Å². The van der Waals surface area contributed by atoms with Gasteiger partial charge in [0.1, 0.15) is 0 Å². The molecular formula is C13H16NRu. The molecule has 1 nitrogen and oxygen atoms in total. The van der Waals surface area contributed by atoms with E-state index in [9.17, 15) is 0 Å². The molecule has 81 valence electrons. The summed E-state index contributed by atoms with van der Waals surface area (Å²) in [7, 11) is 1.83. The van der Waals surface area contributed by atoms with E-state index in [1.54, 1.807) is 0 Å². The summed E-state index contributed by atoms with van der Waals surface area (Å²) < 4.78 is 0. The normalized spacial score (nSPS) is 11.5. The van der Waals surface area contributed by atoms with Gasteiger partial charge in [-0.2, -0.15) is 35.9 Å². The molecule has 0 heterocycles. The minimum atomic E-state index is 0. The summed E-state index contributed by atoms with van der Waals surface area (Å²) in [5, 5.41) is 0. The van der Waals surface area contributed by atoms with Gasteiger partial charge in [0.2, 0.25) is 0 Å². The summed E-state index contributed by atoms with van der Waals surface area (Å²) in [5.41, 5.74) is 2.29. The Labute approximate surface area is 105 Å². The van der Waals surface area contributed by atoms with Crippen LogP contribution in [0.15, 0.2) is 41.4 Å². The molecule has 1 rings (SSSR count). The number of hydrogen-bond acceptors (Lipinski definition) is 1. The first kappa shape index (κ1) is 14.3. The first-order chi connectivity index (χ1) is 6.86. The molecule has 0 aromatic heterocycles. The van der Waals surface area contributed by atoms with Crippen molar-refractivity contribution >= 4 is 5.71 Å². The van der Waals surface area contributed by atoms with Crippen molar-refractivity contribution < 1.29 is 19.5 Å². The number of benzene rings is 1. The predicted octanol–water partition coefficient (Wildman–Crippen LogP) is 3.06. The van der Waals surface area contributed by atoms with E-state index >= 15 is 0 Å². The van der Waals surface area contributed by atoms with E-state index < -0.39 is 0 Å². The van der Waals surface area contributed by atoms with E-state index in [0.29, 0.717) is 0 Å². The molecule has 1 aromatic rings. The van der Waals surface area contributed by atoms with Crippen LogP contribution in [0.1, 0.15) is 18.9 Å². The van der Waals surface area contributed by atoms with Gasteiger partial charge in [0.25, 0.3) is 0 Å². The molecule has 1 aromatic carbocycles. The molecule has 0 aliphatic rings. The van der Waals surface area contributed by atoms with Gasteiger partial charge in [0, 0.05) is 12.8 Å². The van der Waals surface area contributed by atoms with Crippen LogP contribution < -0.4 is 0 Å². The van der Waals surface area contributed by atoms with Gasteiger partial charge in [-0.15, -0.1) is 0 Å². The SMILES string of the molecule is CC/C=C\C(Cc1[c-]cccc1)=NC.[Ru+]. The van der Waals surface area contributed by atoms with Gasteiger partial charge < -0.3 is 0 Å². The van der Waals surface area contributed by atoms with Crippen molar-refractivity contribution in [2.24, 2.45) is 4.99 Å². The van der Waals surface area contributed by atoms with Crippen LogP contribution in [0.5, 0.6) is 0 Å². The number of nitrogens with zero attached hydrogens (tertiary/aromatic N) is 1. The minimum absolute atomic E-state index is 0. The van der Waals surface area contributed by atoms with E-state index in [0.717, 1.165) is 18.6 Å². The van der Waals surface area contributed by atoms with E-state index in [2.05, 4.69) is 36.2 Å². The quantitative estimate of drug-likeness (QED) is 0.458. The summed E-state index contributed by atoms with van der Waals surface area (Å²) in [5.74, 6) is 0. The topological polar surface area (TPSA) is 12.4 Å². The van der Waals surface area contributed by atoms with E-state index in [1.165, 1.54) is 5.56 Å². The molecule has 0 amide bonds. The Morgan fingerprint density at radius 1 is 1.47 bits per heavy atom. The molecule has 0 aliphatic carbocycles. The standard InChI is InChI=1S/C13H16N.Ru/c1-3-4-10-13(14-2)11-12-8-6-5-7-9-12;/h4-8,10H,3,11H2,1-2H3;/q-1;+1/b10-4-,14-13?;. The molecule has 0 N–H and O–H groups in total. The van der Waals surface area contributed by atoms with Crippen LogP contribution in [-0.4, -0.2) is 12.8 Å². The predicted molar refractivity (Wildman–Crippen MR) is 61.8 cm³/mol. The Balaban J connectivity index is 0.00000196. The molecule has 15 heavy (non-hydrogen) atoms. The fourth-order valence-electron chi connectivity index (χ4n) is 1.20. The summed E-state index contributed by atoms with van der Waals surface area (Å²) in [6.07, 6.45) is 6.14. The average Bonchev–Trinajstić information content (AvgIpc) is 2.25. The van der Waals surface area contributed by atoms with Gasteiger partial charge in [0.05, 0.1) is 0 Å². The number of hydrogen-bond donors (Lipinski definition) is 0. The zero-order valence-corrected chi connectivity index (χ0v) is 10.9. The number of aliphatic imine (C=N–C) groups is 1. The van der Waals surface area contributed by atoms with Gasteiger partial charge in [-0.1, -0.05) is 13.0 Å². The summed E-state index contributed by atoms with van der Waals surface area (Å²) in [6, 6.07) is 11.2. The van der Waals surface area contributed by atoms with E-state index in [-0.39, 0.29) is 19.5 Å². The van der Waals surface area contributed by atoms with Crippen LogP contribution in [-0.2, 0) is 25.9 Å². The Morgan fingerprint density at radius 3 is 2.80 bits per heavy atom.